The van der Waals surface area contributed by atoms with Crippen molar-refractivity contribution in [2.24, 2.45) is 0 Å². The van der Waals surface area contributed by atoms with Gasteiger partial charge in [0.2, 0.25) is 5.91 Å². The van der Waals surface area contributed by atoms with Crippen molar-refractivity contribution in [1.29, 1.82) is 0 Å². The Balaban J connectivity index is 2.22. The Bertz CT molecular complexity index is 300. The van der Waals surface area contributed by atoms with E-state index in [-0.39, 0.29) is 12.5 Å². The first-order valence-corrected chi connectivity index (χ1v) is 5.50. The van der Waals surface area contributed by atoms with Crippen LogP contribution in [0.3, 0.4) is 0 Å². The average molecular weight is 243 g/mol. The van der Waals surface area contributed by atoms with Crippen LogP contribution >= 0.6 is 0 Å². The van der Waals surface area contributed by atoms with E-state index >= 15 is 0 Å². The zero-order valence-corrected chi connectivity index (χ0v) is 9.82. The van der Waals surface area contributed by atoms with E-state index in [2.05, 4.69) is 10.6 Å². The molecule has 7 heteroatoms. The quantitative estimate of drug-likeness (QED) is 0.447. The highest BCUT2D eigenvalue weighted by molar-refractivity contribution is 6.35. The molecule has 0 saturated carbocycles. The van der Waals surface area contributed by atoms with Crippen LogP contribution in [-0.2, 0) is 19.1 Å². The first kappa shape index (κ1) is 13.4. The molecule has 1 aliphatic heterocycles. The lowest BCUT2D eigenvalue weighted by atomic mass is 10.4. The Morgan fingerprint density at radius 1 is 1.12 bits per heavy atom. The lowest BCUT2D eigenvalue weighted by molar-refractivity contribution is -0.148. The van der Waals surface area contributed by atoms with Gasteiger partial charge in [-0.1, -0.05) is 0 Å². The van der Waals surface area contributed by atoms with Crippen molar-refractivity contribution in [1.82, 2.24) is 15.5 Å². The molecule has 0 aromatic carbocycles. The maximum Gasteiger partial charge on any atom is 0.312 e. The summed E-state index contributed by atoms with van der Waals surface area (Å²) in [5.74, 6) is -1.35. The molecule has 0 radical (unpaired) electrons. The third-order valence-corrected chi connectivity index (χ3v) is 2.28. The van der Waals surface area contributed by atoms with E-state index in [0.29, 0.717) is 32.8 Å². The minimum Gasteiger partial charge on any atom is -0.378 e. The summed E-state index contributed by atoms with van der Waals surface area (Å²) < 4.78 is 5.08. The minimum absolute atomic E-state index is 0.168. The van der Waals surface area contributed by atoms with Gasteiger partial charge in [-0.2, -0.15) is 0 Å². The first-order chi connectivity index (χ1) is 8.11. The van der Waals surface area contributed by atoms with Gasteiger partial charge in [-0.05, 0) is 0 Å². The monoisotopic (exact) mass is 243 g/mol. The highest BCUT2D eigenvalue weighted by atomic mass is 16.5. The number of carbonyl (C=O) groups excluding carboxylic acids is 3. The molecular weight excluding hydrogens is 226 g/mol. The van der Waals surface area contributed by atoms with Crippen LogP contribution in [0.2, 0.25) is 0 Å². The molecule has 0 spiro atoms. The van der Waals surface area contributed by atoms with Crippen molar-refractivity contribution in [3.8, 4) is 0 Å². The van der Waals surface area contributed by atoms with Gasteiger partial charge >= 0.3 is 11.8 Å². The van der Waals surface area contributed by atoms with Crippen LogP contribution in [0.4, 0.5) is 0 Å². The standard InChI is InChI=1S/C10H17N3O4/c1-8(14)11-2-3-12-9(15)10(16)13-4-6-17-7-5-13/h2-7H2,1H3,(H,11,14)(H,12,15). The van der Waals surface area contributed by atoms with Gasteiger partial charge in [0.15, 0.2) is 0 Å². The zero-order valence-electron chi connectivity index (χ0n) is 9.82. The topological polar surface area (TPSA) is 87.7 Å². The molecule has 0 atom stereocenters. The van der Waals surface area contributed by atoms with Crippen LogP contribution in [0.5, 0.6) is 0 Å². The molecule has 1 rings (SSSR count). The summed E-state index contributed by atoms with van der Waals surface area (Å²) in [6.45, 7) is 3.76. The number of hydrogen-bond donors (Lipinski definition) is 2. The second-order valence-electron chi connectivity index (χ2n) is 3.64. The van der Waals surface area contributed by atoms with Gasteiger partial charge in [0, 0.05) is 33.1 Å². The number of nitrogens with one attached hydrogen (secondary N) is 2. The third-order valence-electron chi connectivity index (χ3n) is 2.28. The molecule has 2 N–H and O–H groups in total. The number of nitrogens with zero attached hydrogens (tertiary/aromatic N) is 1. The van der Waals surface area contributed by atoms with Crippen molar-refractivity contribution in [3.63, 3.8) is 0 Å². The molecule has 17 heavy (non-hydrogen) atoms. The van der Waals surface area contributed by atoms with Crippen LogP contribution < -0.4 is 10.6 Å². The van der Waals surface area contributed by atoms with Gasteiger partial charge in [-0.3, -0.25) is 14.4 Å². The molecule has 0 aromatic rings. The largest absolute Gasteiger partial charge is 0.378 e. The van der Waals surface area contributed by atoms with Gasteiger partial charge in [0.05, 0.1) is 13.2 Å². The van der Waals surface area contributed by atoms with E-state index in [0.717, 1.165) is 0 Å². The summed E-state index contributed by atoms with van der Waals surface area (Å²) in [4.78, 5) is 35.0. The number of ether oxygens (including phenoxy) is 1. The van der Waals surface area contributed by atoms with Crippen LogP contribution in [0, 0.1) is 0 Å². The van der Waals surface area contributed by atoms with Gasteiger partial charge in [0.25, 0.3) is 0 Å². The molecule has 0 bridgehead atoms. The molecule has 0 aromatic heterocycles. The average Bonchev–Trinajstić information content (AvgIpc) is 2.34. The number of morpholine rings is 1. The SMILES string of the molecule is CC(=O)NCCNC(=O)C(=O)N1CCOCC1. The van der Waals surface area contributed by atoms with E-state index in [1.165, 1.54) is 11.8 Å². The molecule has 1 aliphatic rings. The van der Waals surface area contributed by atoms with E-state index < -0.39 is 11.8 Å². The number of rotatable bonds is 3. The number of amides is 3. The Labute approximate surface area is 99.5 Å². The summed E-state index contributed by atoms with van der Waals surface area (Å²) in [6, 6.07) is 0. The fourth-order valence-corrected chi connectivity index (χ4v) is 1.40. The molecule has 0 unspecified atom stereocenters. The summed E-state index contributed by atoms with van der Waals surface area (Å²) in [7, 11) is 0. The van der Waals surface area contributed by atoms with Crippen LogP contribution in [0.25, 0.3) is 0 Å². The summed E-state index contributed by atoms with van der Waals surface area (Å²) in [6.07, 6.45) is 0. The zero-order chi connectivity index (χ0) is 12.7. The number of carbonyl (C=O) groups is 3. The van der Waals surface area contributed by atoms with Gasteiger partial charge < -0.3 is 20.3 Å². The summed E-state index contributed by atoms with van der Waals surface area (Å²) >= 11 is 0. The first-order valence-electron chi connectivity index (χ1n) is 5.50. The predicted octanol–water partition coefficient (Wildman–Crippen LogP) is -1.90. The number of hydrogen-bond acceptors (Lipinski definition) is 4. The molecule has 96 valence electrons. The highest BCUT2D eigenvalue weighted by Gasteiger charge is 2.22. The molecule has 1 saturated heterocycles. The molecule has 1 heterocycles. The predicted molar refractivity (Wildman–Crippen MR) is 59.1 cm³/mol. The Morgan fingerprint density at radius 3 is 2.29 bits per heavy atom. The third kappa shape index (κ3) is 4.81. The smallest absolute Gasteiger partial charge is 0.312 e. The van der Waals surface area contributed by atoms with E-state index in [9.17, 15) is 14.4 Å². The van der Waals surface area contributed by atoms with Crippen LogP contribution in [0.15, 0.2) is 0 Å². The molecule has 0 aliphatic carbocycles. The second kappa shape index (κ2) is 6.85. The molecule has 7 nitrogen and oxygen atoms in total. The van der Waals surface area contributed by atoms with Gasteiger partial charge in [-0.15, -0.1) is 0 Å². The van der Waals surface area contributed by atoms with Gasteiger partial charge in [-0.25, -0.2) is 0 Å². The molecule has 1 fully saturated rings. The lowest BCUT2D eigenvalue weighted by Gasteiger charge is -2.26. The van der Waals surface area contributed by atoms with E-state index in [1.54, 1.807) is 0 Å². The van der Waals surface area contributed by atoms with E-state index in [1.807, 2.05) is 0 Å². The lowest BCUT2D eigenvalue weighted by Crippen LogP contribution is -2.48. The van der Waals surface area contributed by atoms with Crippen molar-refractivity contribution < 1.29 is 19.1 Å². The summed E-state index contributed by atoms with van der Waals surface area (Å²) in [5.41, 5.74) is 0. The highest BCUT2D eigenvalue weighted by Crippen LogP contribution is 1.96. The van der Waals surface area contributed by atoms with Crippen molar-refractivity contribution in [3.05, 3.63) is 0 Å². The van der Waals surface area contributed by atoms with Crippen molar-refractivity contribution >= 4 is 17.7 Å². The molecule has 3 amide bonds. The van der Waals surface area contributed by atoms with E-state index in [4.69, 9.17) is 4.74 Å². The Morgan fingerprint density at radius 2 is 1.71 bits per heavy atom. The fourth-order valence-electron chi connectivity index (χ4n) is 1.40. The van der Waals surface area contributed by atoms with Crippen molar-refractivity contribution in [2.45, 2.75) is 6.92 Å². The Hall–Kier alpha value is -1.63. The summed E-state index contributed by atoms with van der Waals surface area (Å²) in [5, 5.41) is 4.97. The van der Waals surface area contributed by atoms with Gasteiger partial charge in [0.1, 0.15) is 0 Å². The fraction of sp³-hybridized carbons (Fsp3) is 0.700. The van der Waals surface area contributed by atoms with Crippen LogP contribution in [0.1, 0.15) is 6.92 Å². The van der Waals surface area contributed by atoms with Crippen LogP contribution in [-0.4, -0.2) is 62.0 Å². The maximum atomic E-state index is 11.6. The minimum atomic E-state index is -0.641. The molecular formula is C10H17N3O4. The van der Waals surface area contributed by atoms with Crippen molar-refractivity contribution in [2.75, 3.05) is 39.4 Å². The Kier molecular flexibility index (Phi) is 5.41. The maximum absolute atomic E-state index is 11.6. The normalized spacial score (nSPS) is 15.2. The second-order valence-corrected chi connectivity index (χ2v) is 3.64.